The highest BCUT2D eigenvalue weighted by molar-refractivity contribution is 5.98. The number of anilines is 1. The molecule has 0 aliphatic heterocycles. The summed E-state index contributed by atoms with van der Waals surface area (Å²) in [5.74, 6) is -2.24. The Hall–Kier alpha value is -2.63. The van der Waals surface area contributed by atoms with Crippen LogP contribution in [-0.4, -0.2) is 29.4 Å². The number of carboxylic acid groups (broad SMARTS) is 1. The van der Waals surface area contributed by atoms with Gasteiger partial charge in [-0.1, -0.05) is 26.0 Å². The van der Waals surface area contributed by atoms with Gasteiger partial charge < -0.3 is 15.7 Å². The van der Waals surface area contributed by atoms with Gasteiger partial charge in [-0.3, -0.25) is 14.4 Å². The maximum Gasteiger partial charge on any atom is 0.307 e. The summed E-state index contributed by atoms with van der Waals surface area (Å²) in [7, 11) is 0. The summed E-state index contributed by atoms with van der Waals surface area (Å²) in [5, 5.41) is 15.1. The Morgan fingerprint density at radius 2 is 1.69 bits per heavy atom. The number of carboxylic acids is 1. The number of aliphatic carboxylic acids is 1. The molecule has 1 aromatic rings. The maximum atomic E-state index is 12.6. The van der Waals surface area contributed by atoms with Gasteiger partial charge in [-0.15, -0.1) is 0 Å². The maximum absolute atomic E-state index is 12.6. The zero-order valence-corrected chi connectivity index (χ0v) is 14.9. The molecular formula is C20H24N2O4. The monoisotopic (exact) mass is 356 g/mol. The Morgan fingerprint density at radius 3 is 2.27 bits per heavy atom. The molecule has 0 saturated heterocycles. The van der Waals surface area contributed by atoms with Crippen molar-refractivity contribution in [1.29, 1.82) is 0 Å². The molecule has 3 rings (SSSR count). The van der Waals surface area contributed by atoms with Gasteiger partial charge in [-0.05, 0) is 48.4 Å². The fraction of sp³-hybridized carbons (Fsp3) is 0.450. The number of fused-ring (bicyclic) bond motifs is 2. The van der Waals surface area contributed by atoms with Gasteiger partial charge in [0.05, 0.1) is 11.8 Å². The molecule has 0 aromatic heterocycles. The van der Waals surface area contributed by atoms with Crippen molar-refractivity contribution < 1.29 is 19.5 Å². The lowest BCUT2D eigenvalue weighted by atomic mass is 9.82. The van der Waals surface area contributed by atoms with E-state index in [0.717, 1.165) is 6.42 Å². The Morgan fingerprint density at radius 1 is 1.08 bits per heavy atom. The molecule has 0 unspecified atom stereocenters. The van der Waals surface area contributed by atoms with Gasteiger partial charge in [0.15, 0.2) is 0 Å². The third kappa shape index (κ3) is 3.64. The Labute approximate surface area is 152 Å². The minimum Gasteiger partial charge on any atom is -0.481 e. The predicted molar refractivity (Wildman–Crippen MR) is 97.6 cm³/mol. The standard InChI is InChI=1S/C20H24N2O4/c1-11(2)10-21-18(23)12-5-7-15(8-6-12)22-19(24)16-13-3-4-14(9-13)17(16)20(25)26/h3-8,11,13-14,16-17H,9-10H2,1-2H3,(H,21,23)(H,22,24)(H,25,26)/t13-,14-,16+,17+/m0/s1. The van der Waals surface area contributed by atoms with Crippen LogP contribution in [0.1, 0.15) is 30.6 Å². The van der Waals surface area contributed by atoms with E-state index < -0.39 is 17.8 Å². The van der Waals surface area contributed by atoms with Gasteiger partial charge in [-0.2, -0.15) is 0 Å². The summed E-state index contributed by atoms with van der Waals surface area (Å²) < 4.78 is 0. The second kappa shape index (κ2) is 7.32. The Balaban J connectivity index is 1.64. The van der Waals surface area contributed by atoms with Gasteiger partial charge >= 0.3 is 5.97 Å². The summed E-state index contributed by atoms with van der Waals surface area (Å²) >= 11 is 0. The van der Waals surface area contributed by atoms with Crippen LogP contribution in [0.4, 0.5) is 5.69 Å². The van der Waals surface area contributed by atoms with Crippen LogP contribution in [0.15, 0.2) is 36.4 Å². The fourth-order valence-corrected chi connectivity index (χ4v) is 3.85. The van der Waals surface area contributed by atoms with Crippen LogP contribution >= 0.6 is 0 Å². The van der Waals surface area contributed by atoms with Gasteiger partial charge in [0.1, 0.15) is 0 Å². The molecule has 2 amide bonds. The van der Waals surface area contributed by atoms with E-state index in [-0.39, 0.29) is 23.7 Å². The first-order valence-corrected chi connectivity index (χ1v) is 8.97. The first kappa shape index (κ1) is 18.2. The average Bonchev–Trinajstić information content (AvgIpc) is 3.21. The van der Waals surface area contributed by atoms with Crippen LogP contribution in [0.25, 0.3) is 0 Å². The molecule has 138 valence electrons. The summed E-state index contributed by atoms with van der Waals surface area (Å²) in [5.41, 5.74) is 1.08. The van der Waals surface area contributed by atoms with Crippen LogP contribution in [0.2, 0.25) is 0 Å². The second-order valence-corrected chi connectivity index (χ2v) is 7.51. The van der Waals surface area contributed by atoms with Crippen molar-refractivity contribution >= 4 is 23.5 Å². The predicted octanol–water partition coefficient (Wildman–Crippen LogP) is 2.53. The number of hydrogen-bond acceptors (Lipinski definition) is 3. The van der Waals surface area contributed by atoms with Crippen molar-refractivity contribution in [2.75, 3.05) is 11.9 Å². The minimum absolute atomic E-state index is 0.0119. The van der Waals surface area contributed by atoms with Gasteiger partial charge in [-0.25, -0.2) is 0 Å². The molecule has 1 saturated carbocycles. The van der Waals surface area contributed by atoms with Gasteiger partial charge in [0.2, 0.25) is 5.91 Å². The topological polar surface area (TPSA) is 95.5 Å². The van der Waals surface area contributed by atoms with Crippen molar-refractivity contribution in [3.8, 4) is 0 Å². The third-order valence-electron chi connectivity index (χ3n) is 5.13. The average molecular weight is 356 g/mol. The molecule has 0 heterocycles. The smallest absolute Gasteiger partial charge is 0.307 e. The van der Waals surface area contributed by atoms with Crippen LogP contribution in [0.5, 0.6) is 0 Å². The molecule has 0 spiro atoms. The number of allylic oxidation sites excluding steroid dienone is 2. The highest BCUT2D eigenvalue weighted by Crippen LogP contribution is 2.48. The first-order valence-electron chi connectivity index (χ1n) is 8.97. The molecule has 6 nitrogen and oxygen atoms in total. The van der Waals surface area contributed by atoms with Gasteiger partial charge in [0.25, 0.3) is 5.91 Å². The number of amides is 2. The summed E-state index contributed by atoms with van der Waals surface area (Å²) in [6.07, 6.45) is 4.60. The summed E-state index contributed by atoms with van der Waals surface area (Å²) in [4.78, 5) is 36.2. The number of benzene rings is 1. The van der Waals surface area contributed by atoms with Gasteiger partial charge in [0, 0.05) is 17.8 Å². The quantitative estimate of drug-likeness (QED) is 0.683. The molecule has 2 aliphatic rings. The lowest BCUT2D eigenvalue weighted by Gasteiger charge is -2.23. The normalized spacial score (nSPS) is 26.1. The third-order valence-corrected chi connectivity index (χ3v) is 5.13. The molecular weight excluding hydrogens is 332 g/mol. The largest absolute Gasteiger partial charge is 0.481 e. The van der Waals surface area contributed by atoms with Crippen LogP contribution < -0.4 is 10.6 Å². The summed E-state index contributed by atoms with van der Waals surface area (Å²) in [6, 6.07) is 6.64. The van der Waals surface area contributed by atoms with E-state index >= 15 is 0 Å². The van der Waals surface area contributed by atoms with Crippen molar-refractivity contribution in [3.63, 3.8) is 0 Å². The number of rotatable bonds is 6. The van der Waals surface area contributed by atoms with Crippen molar-refractivity contribution in [3.05, 3.63) is 42.0 Å². The Bertz CT molecular complexity index is 739. The number of nitrogens with one attached hydrogen (secondary N) is 2. The molecule has 3 N–H and O–H groups in total. The molecule has 4 atom stereocenters. The van der Waals surface area contributed by atoms with Crippen molar-refractivity contribution in [2.45, 2.75) is 20.3 Å². The molecule has 1 fully saturated rings. The highest BCUT2D eigenvalue weighted by Gasteiger charge is 2.51. The van der Waals surface area contributed by atoms with Crippen LogP contribution in [-0.2, 0) is 9.59 Å². The van der Waals surface area contributed by atoms with E-state index in [1.165, 1.54) is 0 Å². The van der Waals surface area contributed by atoms with E-state index in [1.807, 2.05) is 26.0 Å². The van der Waals surface area contributed by atoms with E-state index in [2.05, 4.69) is 10.6 Å². The molecule has 2 bridgehead atoms. The molecule has 2 aliphatic carbocycles. The van der Waals surface area contributed by atoms with E-state index in [0.29, 0.717) is 23.7 Å². The lowest BCUT2D eigenvalue weighted by Crippen LogP contribution is -2.36. The fourth-order valence-electron chi connectivity index (χ4n) is 3.85. The van der Waals surface area contributed by atoms with Crippen molar-refractivity contribution in [1.82, 2.24) is 5.32 Å². The van der Waals surface area contributed by atoms with Crippen LogP contribution in [0.3, 0.4) is 0 Å². The first-order chi connectivity index (χ1) is 12.4. The number of carbonyl (C=O) groups is 3. The SMILES string of the molecule is CC(C)CNC(=O)c1ccc(NC(=O)[C@H]2[C@H](C(=O)O)[C@H]3C=C[C@H]2C3)cc1. The lowest BCUT2D eigenvalue weighted by molar-refractivity contribution is -0.146. The van der Waals surface area contributed by atoms with Crippen molar-refractivity contribution in [2.24, 2.45) is 29.6 Å². The molecule has 6 heteroatoms. The molecule has 0 radical (unpaired) electrons. The zero-order valence-electron chi connectivity index (χ0n) is 14.9. The molecule has 26 heavy (non-hydrogen) atoms. The number of hydrogen-bond donors (Lipinski definition) is 3. The van der Waals surface area contributed by atoms with E-state index in [4.69, 9.17) is 0 Å². The highest BCUT2D eigenvalue weighted by atomic mass is 16.4. The molecule has 1 aromatic carbocycles. The Kier molecular flexibility index (Phi) is 5.11. The van der Waals surface area contributed by atoms with E-state index in [9.17, 15) is 19.5 Å². The minimum atomic E-state index is -0.917. The summed E-state index contributed by atoms with van der Waals surface area (Å²) in [6.45, 7) is 4.65. The van der Waals surface area contributed by atoms with Crippen LogP contribution in [0, 0.1) is 29.6 Å². The van der Waals surface area contributed by atoms with E-state index in [1.54, 1.807) is 24.3 Å². The second-order valence-electron chi connectivity index (χ2n) is 7.51. The zero-order chi connectivity index (χ0) is 18.8. The number of carbonyl (C=O) groups excluding carboxylic acids is 2.